The van der Waals surface area contributed by atoms with Crippen LogP contribution in [0.1, 0.15) is 30.9 Å². The lowest BCUT2D eigenvalue weighted by atomic mass is 10.0. The van der Waals surface area contributed by atoms with E-state index in [1.54, 1.807) is 0 Å². The SMILES string of the molecule is Cc1ccc2cc(C)c3nnc(SCC(=O)N4CCC[C@@H](C)C4)n3c2c1. The summed E-state index contributed by atoms with van der Waals surface area (Å²) < 4.78 is 2.09. The molecule has 0 N–H and O–H groups in total. The lowest BCUT2D eigenvalue weighted by Crippen LogP contribution is -2.40. The van der Waals surface area contributed by atoms with Gasteiger partial charge in [0, 0.05) is 13.1 Å². The molecule has 0 unspecified atom stereocenters. The van der Waals surface area contributed by atoms with Crippen molar-refractivity contribution in [2.24, 2.45) is 5.92 Å². The van der Waals surface area contributed by atoms with Crippen LogP contribution >= 0.6 is 11.8 Å². The van der Waals surface area contributed by atoms with Crippen LogP contribution in [0.3, 0.4) is 0 Å². The van der Waals surface area contributed by atoms with E-state index >= 15 is 0 Å². The minimum Gasteiger partial charge on any atom is -0.342 e. The summed E-state index contributed by atoms with van der Waals surface area (Å²) in [6.45, 7) is 8.12. The van der Waals surface area contributed by atoms with Gasteiger partial charge in [-0.2, -0.15) is 0 Å². The first kappa shape index (κ1) is 17.3. The summed E-state index contributed by atoms with van der Waals surface area (Å²) in [6.07, 6.45) is 2.32. The fourth-order valence-corrected chi connectivity index (χ4v) is 4.58. The van der Waals surface area contributed by atoms with Crippen molar-refractivity contribution in [3.63, 3.8) is 0 Å². The van der Waals surface area contributed by atoms with Crippen molar-refractivity contribution in [2.75, 3.05) is 18.8 Å². The predicted octanol–water partition coefficient (Wildman–Crippen LogP) is 3.85. The van der Waals surface area contributed by atoms with Crippen LogP contribution in [0.25, 0.3) is 16.6 Å². The first-order chi connectivity index (χ1) is 12.5. The molecule has 1 aliphatic heterocycles. The Morgan fingerprint density at radius 2 is 2.12 bits per heavy atom. The number of piperidine rings is 1. The van der Waals surface area contributed by atoms with Crippen LogP contribution in [-0.4, -0.2) is 44.2 Å². The zero-order valence-corrected chi connectivity index (χ0v) is 16.3. The number of carbonyl (C=O) groups is 1. The highest BCUT2D eigenvalue weighted by Crippen LogP contribution is 2.27. The average molecular weight is 369 g/mol. The second-order valence-electron chi connectivity index (χ2n) is 7.41. The largest absolute Gasteiger partial charge is 0.342 e. The lowest BCUT2D eigenvalue weighted by molar-refractivity contribution is -0.130. The van der Waals surface area contributed by atoms with Crippen molar-refractivity contribution >= 4 is 34.2 Å². The molecule has 4 rings (SSSR count). The van der Waals surface area contributed by atoms with Crippen LogP contribution in [0.4, 0.5) is 0 Å². The Morgan fingerprint density at radius 1 is 1.27 bits per heavy atom. The maximum atomic E-state index is 12.6. The molecule has 1 aromatic carbocycles. The van der Waals surface area contributed by atoms with Crippen molar-refractivity contribution < 1.29 is 4.79 Å². The Labute approximate surface area is 157 Å². The van der Waals surface area contributed by atoms with Crippen molar-refractivity contribution in [1.82, 2.24) is 19.5 Å². The van der Waals surface area contributed by atoms with Crippen LogP contribution in [-0.2, 0) is 4.79 Å². The first-order valence-corrected chi connectivity index (χ1v) is 10.2. The number of amides is 1. The van der Waals surface area contributed by atoms with Gasteiger partial charge in [-0.15, -0.1) is 10.2 Å². The Bertz CT molecular complexity index is 981. The van der Waals surface area contributed by atoms with Crippen molar-refractivity contribution in [2.45, 2.75) is 38.8 Å². The number of carbonyl (C=O) groups excluding carboxylic acids is 1. The fraction of sp³-hybridized carbons (Fsp3) is 0.450. The highest BCUT2D eigenvalue weighted by atomic mass is 32.2. The highest BCUT2D eigenvalue weighted by Gasteiger charge is 2.22. The topological polar surface area (TPSA) is 50.5 Å². The maximum Gasteiger partial charge on any atom is 0.233 e. The molecule has 0 radical (unpaired) electrons. The zero-order chi connectivity index (χ0) is 18.3. The second kappa shape index (κ2) is 6.91. The molecule has 3 heterocycles. The van der Waals surface area contributed by atoms with E-state index < -0.39 is 0 Å². The van der Waals surface area contributed by atoms with Gasteiger partial charge in [0.2, 0.25) is 5.91 Å². The van der Waals surface area contributed by atoms with Gasteiger partial charge in [0.25, 0.3) is 0 Å². The molecule has 0 saturated carbocycles. The molecule has 6 heteroatoms. The number of hydrogen-bond donors (Lipinski definition) is 0. The third-order valence-corrected chi connectivity index (χ3v) is 6.03. The Hall–Kier alpha value is -2.08. The number of aromatic nitrogens is 3. The van der Waals surface area contributed by atoms with Gasteiger partial charge >= 0.3 is 0 Å². The number of rotatable bonds is 3. The third-order valence-electron chi connectivity index (χ3n) is 5.12. The first-order valence-electron chi connectivity index (χ1n) is 9.18. The standard InChI is InChI=1S/C20H24N4OS/c1-13-6-7-16-10-15(3)19-21-22-20(24(19)17(16)9-13)26-12-18(25)23-8-4-5-14(2)11-23/h6-7,9-10,14H,4-5,8,11-12H2,1-3H3/t14-/m1/s1. The molecule has 3 aromatic rings. The molecule has 0 aliphatic carbocycles. The van der Waals surface area contributed by atoms with Crippen LogP contribution in [0.5, 0.6) is 0 Å². The average Bonchev–Trinajstić information content (AvgIpc) is 3.05. The minimum absolute atomic E-state index is 0.200. The fourth-order valence-electron chi connectivity index (χ4n) is 3.74. The number of thioether (sulfide) groups is 1. The van der Waals surface area contributed by atoms with E-state index in [0.717, 1.165) is 41.4 Å². The van der Waals surface area contributed by atoms with E-state index in [9.17, 15) is 4.79 Å². The summed E-state index contributed by atoms with van der Waals surface area (Å²) in [5.74, 6) is 1.21. The molecule has 2 aromatic heterocycles. The Balaban J connectivity index is 1.63. The summed E-state index contributed by atoms with van der Waals surface area (Å²) in [5, 5.41) is 10.7. The van der Waals surface area contributed by atoms with Crippen molar-refractivity contribution in [3.8, 4) is 0 Å². The van der Waals surface area contributed by atoms with Gasteiger partial charge in [-0.25, -0.2) is 0 Å². The van der Waals surface area contributed by atoms with E-state index in [1.165, 1.54) is 29.1 Å². The molecule has 0 bridgehead atoms. The van der Waals surface area contributed by atoms with Gasteiger partial charge in [0.05, 0.1) is 11.3 Å². The highest BCUT2D eigenvalue weighted by molar-refractivity contribution is 7.99. The van der Waals surface area contributed by atoms with Gasteiger partial charge in [0.15, 0.2) is 10.8 Å². The van der Waals surface area contributed by atoms with Gasteiger partial charge in [0.1, 0.15) is 0 Å². The van der Waals surface area contributed by atoms with Gasteiger partial charge < -0.3 is 4.90 Å². The second-order valence-corrected chi connectivity index (χ2v) is 8.35. The molecule has 0 spiro atoms. The van der Waals surface area contributed by atoms with Crippen molar-refractivity contribution in [1.29, 1.82) is 0 Å². The molecule has 136 valence electrons. The molecule has 1 aliphatic rings. The Morgan fingerprint density at radius 3 is 2.92 bits per heavy atom. The molecule has 1 saturated heterocycles. The van der Waals surface area contributed by atoms with E-state index in [1.807, 2.05) is 4.90 Å². The molecule has 26 heavy (non-hydrogen) atoms. The van der Waals surface area contributed by atoms with Gasteiger partial charge in [-0.1, -0.05) is 30.8 Å². The number of nitrogens with zero attached hydrogens (tertiary/aromatic N) is 4. The number of likely N-dealkylation sites (tertiary alicyclic amines) is 1. The van der Waals surface area contributed by atoms with E-state index in [2.05, 4.69) is 59.6 Å². The molecule has 5 nitrogen and oxygen atoms in total. The normalized spacial score (nSPS) is 18.0. The molecule has 1 fully saturated rings. The molecular weight excluding hydrogens is 344 g/mol. The molecular formula is C20H24N4OS. The van der Waals surface area contributed by atoms with E-state index in [-0.39, 0.29) is 5.91 Å². The number of hydrogen-bond acceptors (Lipinski definition) is 4. The van der Waals surface area contributed by atoms with Gasteiger partial charge in [-0.3, -0.25) is 9.20 Å². The molecule has 1 atom stereocenters. The minimum atomic E-state index is 0.200. The lowest BCUT2D eigenvalue weighted by Gasteiger charge is -2.30. The number of aryl methyl sites for hydroxylation is 2. The third kappa shape index (κ3) is 3.18. The number of pyridine rings is 1. The van der Waals surface area contributed by atoms with Crippen LogP contribution < -0.4 is 0 Å². The summed E-state index contributed by atoms with van der Waals surface area (Å²) in [4.78, 5) is 14.6. The number of fused-ring (bicyclic) bond motifs is 3. The summed E-state index contributed by atoms with van der Waals surface area (Å²) in [7, 11) is 0. The summed E-state index contributed by atoms with van der Waals surface area (Å²) in [6, 6.07) is 8.55. The monoisotopic (exact) mass is 368 g/mol. The molecule has 1 amide bonds. The summed E-state index contributed by atoms with van der Waals surface area (Å²) >= 11 is 1.49. The number of benzene rings is 1. The quantitative estimate of drug-likeness (QED) is 0.659. The van der Waals surface area contributed by atoms with E-state index in [4.69, 9.17) is 0 Å². The predicted molar refractivity (Wildman–Crippen MR) is 106 cm³/mol. The van der Waals surface area contributed by atoms with Crippen LogP contribution in [0.2, 0.25) is 0 Å². The smallest absolute Gasteiger partial charge is 0.233 e. The van der Waals surface area contributed by atoms with Crippen LogP contribution in [0, 0.1) is 19.8 Å². The van der Waals surface area contributed by atoms with Crippen LogP contribution in [0.15, 0.2) is 29.4 Å². The Kier molecular flexibility index (Phi) is 4.61. The van der Waals surface area contributed by atoms with E-state index in [0.29, 0.717) is 11.7 Å². The summed E-state index contributed by atoms with van der Waals surface area (Å²) in [5.41, 5.74) is 4.25. The maximum absolute atomic E-state index is 12.6. The van der Waals surface area contributed by atoms with Gasteiger partial charge in [-0.05, 0) is 61.3 Å². The zero-order valence-electron chi connectivity index (χ0n) is 15.5. The van der Waals surface area contributed by atoms with Crippen molar-refractivity contribution in [3.05, 3.63) is 35.4 Å².